The van der Waals surface area contributed by atoms with E-state index in [-0.39, 0.29) is 6.03 Å². The fourth-order valence-electron chi connectivity index (χ4n) is 1.97. The Labute approximate surface area is 109 Å². The first kappa shape index (κ1) is 12.8. The minimum atomic E-state index is -0.826. The largest absolute Gasteiger partial charge is 0.481 e. The average Bonchev–Trinajstić information content (AvgIpc) is 2.89. The number of piperidine rings is 1. The van der Waals surface area contributed by atoms with Crippen LogP contribution < -0.4 is 5.32 Å². The normalized spacial score (nSPS) is 19.6. The van der Waals surface area contributed by atoms with Gasteiger partial charge in [0, 0.05) is 24.7 Å². The minimum Gasteiger partial charge on any atom is -0.481 e. The van der Waals surface area contributed by atoms with Crippen molar-refractivity contribution >= 4 is 23.3 Å². The van der Waals surface area contributed by atoms with Crippen molar-refractivity contribution in [3.63, 3.8) is 0 Å². The number of carboxylic acids is 1. The molecule has 1 fully saturated rings. The number of amides is 2. The predicted octanol–water partition coefficient (Wildman–Crippen LogP) is 1.15. The number of hydrogen-bond acceptors (Lipinski definition) is 4. The van der Waals surface area contributed by atoms with E-state index < -0.39 is 11.9 Å². The smallest absolute Gasteiger partial charge is 0.317 e. The van der Waals surface area contributed by atoms with Crippen LogP contribution >= 0.6 is 11.3 Å². The number of aliphatic carboxylic acids is 1. The van der Waals surface area contributed by atoms with E-state index in [0.29, 0.717) is 26.1 Å². The van der Waals surface area contributed by atoms with Gasteiger partial charge >= 0.3 is 12.0 Å². The topological polar surface area (TPSA) is 82.5 Å². The molecular formula is C11H15N3O3S. The highest BCUT2D eigenvalue weighted by Gasteiger charge is 2.27. The average molecular weight is 269 g/mol. The van der Waals surface area contributed by atoms with Gasteiger partial charge in [-0.2, -0.15) is 0 Å². The molecule has 0 bridgehead atoms. The van der Waals surface area contributed by atoms with Crippen LogP contribution in [-0.2, 0) is 11.3 Å². The Kier molecular flexibility index (Phi) is 4.14. The number of carbonyl (C=O) groups is 2. The summed E-state index contributed by atoms with van der Waals surface area (Å²) in [6, 6.07) is -0.212. The number of urea groups is 1. The van der Waals surface area contributed by atoms with Gasteiger partial charge in [-0.25, -0.2) is 9.78 Å². The molecule has 98 valence electrons. The summed E-state index contributed by atoms with van der Waals surface area (Å²) in [5, 5.41) is 14.4. The van der Waals surface area contributed by atoms with Crippen molar-refractivity contribution < 1.29 is 14.7 Å². The fraction of sp³-hybridized carbons (Fsp3) is 0.545. The van der Waals surface area contributed by atoms with Crippen LogP contribution in [0.2, 0.25) is 0 Å². The van der Waals surface area contributed by atoms with E-state index in [1.807, 2.05) is 5.38 Å². The number of carboxylic acid groups (broad SMARTS) is 1. The SMILES string of the molecule is O=C(O)[C@H]1CCCN(C(=O)NCc2nccs2)C1. The van der Waals surface area contributed by atoms with Gasteiger partial charge in [0.2, 0.25) is 0 Å². The summed E-state index contributed by atoms with van der Waals surface area (Å²) in [6.07, 6.45) is 3.07. The Morgan fingerprint density at radius 2 is 2.44 bits per heavy atom. The number of aromatic nitrogens is 1. The van der Waals surface area contributed by atoms with Gasteiger partial charge in [-0.15, -0.1) is 11.3 Å². The summed E-state index contributed by atoms with van der Waals surface area (Å²) < 4.78 is 0. The zero-order valence-corrected chi connectivity index (χ0v) is 10.7. The van der Waals surface area contributed by atoms with Crippen molar-refractivity contribution in [3.05, 3.63) is 16.6 Å². The van der Waals surface area contributed by atoms with Crippen molar-refractivity contribution in [2.45, 2.75) is 19.4 Å². The van der Waals surface area contributed by atoms with Gasteiger partial charge in [0.05, 0.1) is 12.5 Å². The van der Waals surface area contributed by atoms with Gasteiger partial charge in [0.25, 0.3) is 0 Å². The molecule has 0 unspecified atom stereocenters. The van der Waals surface area contributed by atoms with Gasteiger partial charge in [-0.3, -0.25) is 4.79 Å². The van der Waals surface area contributed by atoms with Crippen LogP contribution in [0.4, 0.5) is 4.79 Å². The molecule has 2 heterocycles. The highest BCUT2D eigenvalue weighted by molar-refractivity contribution is 7.09. The highest BCUT2D eigenvalue weighted by atomic mass is 32.1. The lowest BCUT2D eigenvalue weighted by Crippen LogP contribution is -2.46. The van der Waals surface area contributed by atoms with Crippen molar-refractivity contribution in [2.75, 3.05) is 13.1 Å². The van der Waals surface area contributed by atoms with E-state index >= 15 is 0 Å². The van der Waals surface area contributed by atoms with E-state index in [9.17, 15) is 9.59 Å². The van der Waals surface area contributed by atoms with Crippen LogP contribution in [0.3, 0.4) is 0 Å². The van der Waals surface area contributed by atoms with Crippen LogP contribution in [0.5, 0.6) is 0 Å². The van der Waals surface area contributed by atoms with Crippen LogP contribution in [-0.4, -0.2) is 40.1 Å². The van der Waals surface area contributed by atoms with E-state index in [1.54, 1.807) is 11.1 Å². The molecule has 1 aliphatic rings. The summed E-state index contributed by atoms with van der Waals surface area (Å²) in [4.78, 5) is 28.4. The molecule has 1 aliphatic heterocycles. The third-order valence-corrected chi connectivity index (χ3v) is 3.71. The van der Waals surface area contributed by atoms with Crippen molar-refractivity contribution in [3.8, 4) is 0 Å². The lowest BCUT2D eigenvalue weighted by Gasteiger charge is -2.30. The monoisotopic (exact) mass is 269 g/mol. The summed E-state index contributed by atoms with van der Waals surface area (Å²) >= 11 is 1.48. The van der Waals surface area contributed by atoms with Gasteiger partial charge in [-0.05, 0) is 12.8 Å². The molecule has 7 heteroatoms. The van der Waals surface area contributed by atoms with Crippen molar-refractivity contribution in [1.29, 1.82) is 0 Å². The van der Waals surface area contributed by atoms with Gasteiger partial charge in [-0.1, -0.05) is 0 Å². The molecule has 1 aromatic heterocycles. The first-order valence-corrected chi connectivity index (χ1v) is 6.68. The first-order valence-electron chi connectivity index (χ1n) is 5.81. The van der Waals surface area contributed by atoms with Crippen LogP contribution in [0.25, 0.3) is 0 Å². The van der Waals surface area contributed by atoms with Gasteiger partial charge < -0.3 is 15.3 Å². The second-order valence-electron chi connectivity index (χ2n) is 4.21. The number of thiazole rings is 1. The van der Waals surface area contributed by atoms with Crippen LogP contribution in [0.15, 0.2) is 11.6 Å². The van der Waals surface area contributed by atoms with E-state index in [2.05, 4.69) is 10.3 Å². The number of likely N-dealkylation sites (tertiary alicyclic amines) is 1. The lowest BCUT2D eigenvalue weighted by atomic mass is 9.99. The molecule has 2 amide bonds. The molecule has 6 nitrogen and oxygen atoms in total. The van der Waals surface area contributed by atoms with Crippen LogP contribution in [0, 0.1) is 5.92 Å². The molecule has 0 aromatic carbocycles. The molecule has 2 rings (SSSR count). The summed E-state index contributed by atoms with van der Waals surface area (Å²) in [6.45, 7) is 1.30. The Balaban J connectivity index is 1.83. The lowest BCUT2D eigenvalue weighted by molar-refractivity contribution is -0.143. The predicted molar refractivity (Wildman–Crippen MR) is 66.3 cm³/mol. The number of nitrogens with one attached hydrogen (secondary N) is 1. The molecule has 1 aromatic rings. The maximum atomic E-state index is 11.9. The molecule has 1 saturated heterocycles. The van der Waals surface area contributed by atoms with Crippen LogP contribution in [0.1, 0.15) is 17.8 Å². The van der Waals surface area contributed by atoms with Gasteiger partial charge in [0.15, 0.2) is 0 Å². The van der Waals surface area contributed by atoms with Crippen molar-refractivity contribution in [1.82, 2.24) is 15.2 Å². The molecule has 2 N–H and O–H groups in total. The Morgan fingerprint density at radius 1 is 1.61 bits per heavy atom. The number of hydrogen-bond donors (Lipinski definition) is 2. The summed E-state index contributed by atoms with van der Waals surface area (Å²) in [5.74, 6) is -1.27. The minimum absolute atomic E-state index is 0.212. The maximum Gasteiger partial charge on any atom is 0.317 e. The van der Waals surface area contributed by atoms with E-state index in [1.165, 1.54) is 11.3 Å². The Bertz CT molecular complexity index is 421. The molecule has 0 aliphatic carbocycles. The molecule has 0 saturated carbocycles. The second-order valence-corrected chi connectivity index (χ2v) is 5.19. The molecule has 1 atom stereocenters. The molecule has 18 heavy (non-hydrogen) atoms. The molecule has 0 radical (unpaired) electrons. The third kappa shape index (κ3) is 3.19. The fourth-order valence-corrected chi connectivity index (χ4v) is 2.52. The standard InChI is InChI=1S/C11H15N3O3S/c15-10(16)8-2-1-4-14(7-8)11(17)13-6-9-12-3-5-18-9/h3,5,8H,1-2,4,6-7H2,(H,13,17)(H,15,16)/t8-/m0/s1. The van der Waals surface area contributed by atoms with E-state index in [0.717, 1.165) is 11.4 Å². The number of rotatable bonds is 3. The van der Waals surface area contributed by atoms with E-state index in [4.69, 9.17) is 5.11 Å². The third-order valence-electron chi connectivity index (χ3n) is 2.93. The highest BCUT2D eigenvalue weighted by Crippen LogP contribution is 2.16. The number of carbonyl (C=O) groups excluding carboxylic acids is 1. The first-order chi connectivity index (χ1) is 8.66. The summed E-state index contributed by atoms with van der Waals surface area (Å²) in [5.41, 5.74) is 0. The number of nitrogens with zero attached hydrogens (tertiary/aromatic N) is 2. The maximum absolute atomic E-state index is 11.9. The second kappa shape index (κ2) is 5.81. The van der Waals surface area contributed by atoms with Crippen molar-refractivity contribution in [2.24, 2.45) is 5.92 Å². The quantitative estimate of drug-likeness (QED) is 0.862. The Morgan fingerprint density at radius 3 is 3.11 bits per heavy atom. The Hall–Kier alpha value is -1.63. The van der Waals surface area contributed by atoms with Gasteiger partial charge in [0.1, 0.15) is 5.01 Å². The zero-order valence-electron chi connectivity index (χ0n) is 9.83. The summed E-state index contributed by atoms with van der Waals surface area (Å²) in [7, 11) is 0. The zero-order chi connectivity index (χ0) is 13.0. The molecular weight excluding hydrogens is 254 g/mol. The molecule has 0 spiro atoms.